The molecule has 4 rings (SSSR count). The Morgan fingerprint density at radius 3 is 2.62 bits per heavy atom. The van der Waals surface area contributed by atoms with Gasteiger partial charge in [-0.3, -0.25) is 4.79 Å². The number of nitrogens with zero attached hydrogens (tertiary/aromatic N) is 2. The zero-order chi connectivity index (χ0) is 26.9. The number of hydrogen-bond donors (Lipinski definition) is 3. The predicted molar refractivity (Wildman–Crippen MR) is 132 cm³/mol. The Bertz CT molecular complexity index is 1300. The highest BCUT2D eigenvalue weighted by molar-refractivity contribution is 5.91. The maximum Gasteiger partial charge on any atom is 0.416 e. The fourth-order valence-electron chi connectivity index (χ4n) is 5.07. The number of halogens is 3. The zero-order valence-electron chi connectivity index (χ0n) is 20.8. The lowest BCUT2D eigenvalue weighted by molar-refractivity contribution is -0.144. The lowest BCUT2D eigenvalue weighted by atomic mass is 9.77. The summed E-state index contributed by atoms with van der Waals surface area (Å²) in [5.41, 5.74) is 0.749. The van der Waals surface area contributed by atoms with Crippen LogP contribution in [0.1, 0.15) is 67.3 Å². The van der Waals surface area contributed by atoms with E-state index >= 15 is 0 Å². The number of alkyl halides is 3. The SMILES string of the molecule is COc1cc2nc(C)nc(N[C@H](C)c3cccc(C(F)(F)F)c3)c2cc1C(O)C1CCC[C@H](C(=O)O)C1. The maximum atomic E-state index is 13.2. The van der Waals surface area contributed by atoms with Crippen LogP contribution in [0.15, 0.2) is 36.4 Å². The number of nitrogens with one attached hydrogen (secondary N) is 1. The summed E-state index contributed by atoms with van der Waals surface area (Å²) in [4.78, 5) is 20.5. The molecule has 10 heteroatoms. The molecule has 0 spiro atoms. The normalized spacial score (nSPS) is 19.9. The second-order valence-electron chi connectivity index (χ2n) is 9.63. The molecule has 2 aromatic carbocycles. The Labute approximate surface area is 212 Å². The van der Waals surface area contributed by atoms with Crippen molar-refractivity contribution < 1.29 is 32.9 Å². The van der Waals surface area contributed by atoms with Gasteiger partial charge in [0.1, 0.15) is 17.4 Å². The monoisotopic (exact) mass is 517 g/mol. The lowest BCUT2D eigenvalue weighted by Crippen LogP contribution is -2.26. The average Bonchev–Trinajstić information content (AvgIpc) is 2.87. The van der Waals surface area contributed by atoms with E-state index in [1.165, 1.54) is 13.2 Å². The van der Waals surface area contributed by atoms with Gasteiger partial charge >= 0.3 is 12.1 Å². The van der Waals surface area contributed by atoms with E-state index in [0.717, 1.165) is 12.1 Å². The minimum Gasteiger partial charge on any atom is -0.496 e. The molecule has 1 aromatic heterocycles. The molecule has 7 nitrogen and oxygen atoms in total. The molecular formula is C27H30F3N3O4. The maximum absolute atomic E-state index is 13.2. The summed E-state index contributed by atoms with van der Waals surface area (Å²) in [6.45, 7) is 3.45. The molecule has 1 heterocycles. The van der Waals surface area contributed by atoms with Gasteiger partial charge in [0.05, 0.1) is 30.2 Å². The molecule has 0 radical (unpaired) electrons. The zero-order valence-corrected chi connectivity index (χ0v) is 20.8. The molecule has 3 aromatic rings. The molecule has 1 aliphatic carbocycles. The van der Waals surface area contributed by atoms with E-state index in [2.05, 4.69) is 15.3 Å². The van der Waals surface area contributed by atoms with E-state index in [4.69, 9.17) is 4.74 Å². The van der Waals surface area contributed by atoms with Gasteiger partial charge in [0.2, 0.25) is 0 Å². The number of aromatic nitrogens is 2. The lowest BCUT2D eigenvalue weighted by Gasteiger charge is -2.31. The van der Waals surface area contributed by atoms with E-state index in [-0.39, 0.29) is 5.92 Å². The molecule has 4 atom stereocenters. The van der Waals surface area contributed by atoms with Crippen molar-refractivity contribution in [3.63, 3.8) is 0 Å². The van der Waals surface area contributed by atoms with Crippen LogP contribution in [0.2, 0.25) is 0 Å². The number of rotatable bonds is 7. The molecule has 1 saturated carbocycles. The van der Waals surface area contributed by atoms with Gasteiger partial charge in [0.25, 0.3) is 0 Å². The number of carbonyl (C=O) groups is 1. The standard InChI is InChI=1S/C27H30F3N3O4/c1-14(16-6-5-9-19(11-16)27(28,29)30)31-25-20-12-21(23(37-3)13-22(20)32-15(2)33-25)24(34)17-7-4-8-18(10-17)26(35)36/h5-6,9,11-14,17-18,24,34H,4,7-8,10H2,1-3H3,(H,35,36)(H,31,32,33)/t14-,17?,18+,24?/m1/s1. The van der Waals surface area contributed by atoms with Gasteiger partial charge < -0.3 is 20.3 Å². The van der Waals surface area contributed by atoms with Gasteiger partial charge in [0, 0.05) is 23.1 Å². The summed E-state index contributed by atoms with van der Waals surface area (Å²) in [6.07, 6.45) is -3.07. The summed E-state index contributed by atoms with van der Waals surface area (Å²) >= 11 is 0. The Balaban J connectivity index is 1.71. The minimum absolute atomic E-state index is 0.256. The van der Waals surface area contributed by atoms with Crippen LogP contribution in [0.4, 0.5) is 19.0 Å². The van der Waals surface area contributed by atoms with E-state index in [9.17, 15) is 28.2 Å². The van der Waals surface area contributed by atoms with Crippen LogP contribution in [0.25, 0.3) is 10.9 Å². The summed E-state index contributed by atoms with van der Waals surface area (Å²) in [5.74, 6) is -0.327. The highest BCUT2D eigenvalue weighted by Crippen LogP contribution is 2.42. The van der Waals surface area contributed by atoms with Gasteiger partial charge in [-0.15, -0.1) is 0 Å². The van der Waals surface area contributed by atoms with Crippen LogP contribution in [-0.4, -0.2) is 33.3 Å². The number of aliphatic carboxylic acids is 1. The first-order valence-electron chi connectivity index (χ1n) is 12.2. The molecule has 0 saturated heterocycles. The molecule has 0 bridgehead atoms. The third-order valence-electron chi connectivity index (χ3n) is 7.06. The van der Waals surface area contributed by atoms with E-state index in [0.29, 0.717) is 65.1 Å². The number of carboxylic acids is 1. The number of aliphatic hydroxyl groups excluding tert-OH is 1. The van der Waals surface area contributed by atoms with Crippen LogP contribution in [0.3, 0.4) is 0 Å². The molecule has 0 aliphatic heterocycles. The summed E-state index contributed by atoms with van der Waals surface area (Å²) in [5, 5.41) is 24.5. The third kappa shape index (κ3) is 5.79. The molecule has 198 valence electrons. The van der Waals surface area contributed by atoms with Gasteiger partial charge in [0.15, 0.2) is 0 Å². The van der Waals surface area contributed by atoms with Crippen molar-refractivity contribution in [2.24, 2.45) is 11.8 Å². The summed E-state index contributed by atoms with van der Waals surface area (Å²) < 4.78 is 45.2. The Hall–Kier alpha value is -3.40. The van der Waals surface area contributed by atoms with Crippen molar-refractivity contribution in [1.82, 2.24) is 9.97 Å². The smallest absolute Gasteiger partial charge is 0.416 e. The Kier molecular flexibility index (Phi) is 7.59. The van der Waals surface area contributed by atoms with E-state index in [1.807, 2.05) is 0 Å². The number of aliphatic hydroxyl groups is 1. The second kappa shape index (κ2) is 10.5. The Morgan fingerprint density at radius 1 is 1.19 bits per heavy atom. The first-order chi connectivity index (χ1) is 17.5. The fourth-order valence-corrected chi connectivity index (χ4v) is 5.07. The van der Waals surface area contributed by atoms with Crippen LogP contribution in [0.5, 0.6) is 5.75 Å². The Morgan fingerprint density at radius 2 is 1.95 bits per heavy atom. The first kappa shape index (κ1) is 26.7. The second-order valence-corrected chi connectivity index (χ2v) is 9.63. The number of benzene rings is 2. The first-order valence-corrected chi connectivity index (χ1v) is 12.2. The van der Waals surface area contributed by atoms with Crippen molar-refractivity contribution in [3.05, 3.63) is 58.9 Å². The summed E-state index contributed by atoms with van der Waals surface area (Å²) in [6, 6.07) is 8.03. The van der Waals surface area contributed by atoms with Crippen molar-refractivity contribution in [2.45, 2.75) is 57.9 Å². The quantitative estimate of drug-likeness (QED) is 0.350. The molecule has 1 fully saturated rings. The van der Waals surface area contributed by atoms with Crippen molar-refractivity contribution in [2.75, 3.05) is 12.4 Å². The van der Waals surface area contributed by atoms with Gasteiger partial charge in [-0.05, 0) is 62.8 Å². The highest BCUT2D eigenvalue weighted by atomic mass is 19.4. The number of methoxy groups -OCH3 is 1. The molecule has 37 heavy (non-hydrogen) atoms. The van der Waals surface area contributed by atoms with Crippen molar-refractivity contribution in [1.29, 1.82) is 0 Å². The predicted octanol–water partition coefficient (Wildman–Crippen LogP) is 6.06. The van der Waals surface area contributed by atoms with Crippen molar-refractivity contribution >= 4 is 22.7 Å². The minimum atomic E-state index is -4.45. The number of hydrogen-bond acceptors (Lipinski definition) is 6. The van der Waals surface area contributed by atoms with E-state index in [1.54, 1.807) is 32.0 Å². The molecule has 0 amide bonds. The largest absolute Gasteiger partial charge is 0.496 e. The van der Waals surface area contributed by atoms with Gasteiger partial charge in [-0.1, -0.05) is 18.6 Å². The molecule has 3 N–H and O–H groups in total. The van der Waals surface area contributed by atoms with Crippen LogP contribution < -0.4 is 10.1 Å². The molecule has 2 unspecified atom stereocenters. The van der Waals surface area contributed by atoms with Crippen molar-refractivity contribution in [3.8, 4) is 5.75 Å². The fraction of sp³-hybridized carbons (Fsp3) is 0.444. The van der Waals surface area contributed by atoms with E-state index < -0.39 is 35.8 Å². The average molecular weight is 518 g/mol. The number of aryl methyl sites for hydroxylation is 1. The topological polar surface area (TPSA) is 105 Å². The molecule has 1 aliphatic rings. The van der Waals surface area contributed by atoms with Crippen LogP contribution in [0, 0.1) is 18.8 Å². The number of fused-ring (bicyclic) bond motifs is 1. The summed E-state index contributed by atoms with van der Waals surface area (Å²) in [7, 11) is 1.49. The number of carboxylic acid groups (broad SMARTS) is 1. The van der Waals surface area contributed by atoms with Crippen LogP contribution >= 0.6 is 0 Å². The van der Waals surface area contributed by atoms with Gasteiger partial charge in [-0.25, -0.2) is 9.97 Å². The molecular weight excluding hydrogens is 487 g/mol. The highest BCUT2D eigenvalue weighted by Gasteiger charge is 2.33. The third-order valence-corrected chi connectivity index (χ3v) is 7.06. The van der Waals surface area contributed by atoms with Crippen LogP contribution in [-0.2, 0) is 11.0 Å². The number of ether oxygens (including phenoxy) is 1. The van der Waals surface area contributed by atoms with Gasteiger partial charge in [-0.2, -0.15) is 13.2 Å². The number of anilines is 1.